The predicted octanol–water partition coefficient (Wildman–Crippen LogP) is 3.08. The summed E-state index contributed by atoms with van der Waals surface area (Å²) in [6.45, 7) is 8.26. The summed E-state index contributed by atoms with van der Waals surface area (Å²) in [7, 11) is 4.50. The first kappa shape index (κ1) is 21.4. The summed E-state index contributed by atoms with van der Waals surface area (Å²) in [6, 6.07) is 14.4. The van der Waals surface area contributed by atoms with Crippen LogP contribution in [-0.4, -0.2) is 62.0 Å². The molecule has 0 radical (unpaired) electrons. The average Bonchev–Trinajstić information content (AvgIpc) is 2.71. The van der Waals surface area contributed by atoms with Gasteiger partial charge in [-0.15, -0.1) is 0 Å². The summed E-state index contributed by atoms with van der Waals surface area (Å²) < 4.78 is 1.05. The molecule has 0 aromatic heterocycles. The minimum absolute atomic E-state index is 0.123. The van der Waals surface area contributed by atoms with Gasteiger partial charge in [-0.2, -0.15) is 5.10 Å². The number of quaternary nitrogens is 1. The Kier molecular flexibility index (Phi) is 7.58. The molecule has 0 spiro atoms. The van der Waals surface area contributed by atoms with Crippen molar-refractivity contribution in [3.63, 3.8) is 0 Å². The number of hydrazone groups is 1. The van der Waals surface area contributed by atoms with Crippen molar-refractivity contribution in [3.05, 3.63) is 59.7 Å². The summed E-state index contributed by atoms with van der Waals surface area (Å²) in [6.07, 6.45) is 1.43. The lowest BCUT2D eigenvalue weighted by molar-refractivity contribution is -0.890. The second-order valence-electron chi connectivity index (χ2n) is 7.17. The highest BCUT2D eigenvalue weighted by molar-refractivity contribution is 5.95. The lowest BCUT2D eigenvalue weighted by atomic mass is 10.1. The number of nitrogens with zero attached hydrogens (tertiary/aromatic N) is 3. The highest BCUT2D eigenvalue weighted by Crippen LogP contribution is 2.19. The van der Waals surface area contributed by atoms with Gasteiger partial charge in [0.05, 0.1) is 46.5 Å². The van der Waals surface area contributed by atoms with E-state index in [4.69, 9.17) is 0 Å². The van der Waals surface area contributed by atoms with Gasteiger partial charge in [0.1, 0.15) is 5.75 Å². The normalized spacial score (nSPS) is 15.6. The van der Waals surface area contributed by atoms with Crippen LogP contribution in [0.2, 0.25) is 0 Å². The maximum atomic E-state index is 12.2. The van der Waals surface area contributed by atoms with Gasteiger partial charge < -0.3 is 14.5 Å². The zero-order chi connectivity index (χ0) is 20.6. The molecule has 1 amide bonds. The van der Waals surface area contributed by atoms with Crippen LogP contribution in [0.1, 0.15) is 29.8 Å². The Bertz CT molecular complexity index is 790. The van der Waals surface area contributed by atoms with Gasteiger partial charge in [-0.1, -0.05) is 26.0 Å². The second-order valence-corrected chi connectivity index (χ2v) is 7.17. The summed E-state index contributed by atoms with van der Waals surface area (Å²) in [4.78, 5) is 14.5. The molecule has 0 saturated carbocycles. The number of hydrogen-bond donors (Lipinski definition) is 2. The van der Waals surface area contributed by atoms with Crippen LogP contribution in [-0.2, 0) is 0 Å². The van der Waals surface area contributed by atoms with Crippen LogP contribution < -0.4 is 10.3 Å². The number of anilines is 1. The van der Waals surface area contributed by atoms with E-state index >= 15 is 0 Å². The Morgan fingerprint density at radius 1 is 1.07 bits per heavy atom. The molecule has 6 heteroatoms. The van der Waals surface area contributed by atoms with Gasteiger partial charge >= 0.3 is 0 Å². The molecule has 0 atom stereocenters. The van der Waals surface area contributed by atoms with Crippen molar-refractivity contribution in [2.45, 2.75) is 13.8 Å². The molecule has 2 N–H and O–H groups in total. The molecule has 3 rings (SSSR count). The van der Waals surface area contributed by atoms with Crippen LogP contribution in [0.5, 0.6) is 5.75 Å². The minimum Gasteiger partial charge on any atom is -0.507 e. The average molecular weight is 384 g/mol. The number of nitrogens with one attached hydrogen (secondary N) is 1. The second kappa shape index (κ2) is 9.90. The third-order valence-corrected chi connectivity index (χ3v) is 4.75. The number of likely N-dealkylation sites (N-methyl/N-ethyl adjacent to an activating group) is 1. The van der Waals surface area contributed by atoms with Gasteiger partial charge in [-0.3, -0.25) is 4.79 Å². The van der Waals surface area contributed by atoms with Crippen LogP contribution in [0.4, 0.5) is 5.69 Å². The standard InChI is InChI=1S/C20H24N4O2.C2H6/c1-24(2)13-11-23(12-14-24)18-9-7-16(8-10-18)20(26)22-21-15-17-5-3-4-6-19(17)25;1-2/h3-10,15H,11-14H2,1-2H3,(H-,21,22,25,26);1-2H3/p+1. The fraction of sp³-hybridized carbons (Fsp3) is 0.364. The van der Waals surface area contributed by atoms with Gasteiger partial charge in [0.15, 0.2) is 0 Å². The first-order valence-corrected chi connectivity index (χ1v) is 9.73. The van der Waals surface area contributed by atoms with Crippen LogP contribution >= 0.6 is 0 Å². The largest absolute Gasteiger partial charge is 0.507 e. The monoisotopic (exact) mass is 383 g/mol. The molecule has 1 aliphatic rings. The molecular weight excluding hydrogens is 352 g/mol. The van der Waals surface area contributed by atoms with E-state index in [-0.39, 0.29) is 11.7 Å². The minimum atomic E-state index is -0.278. The third-order valence-electron chi connectivity index (χ3n) is 4.75. The number of piperazine rings is 1. The van der Waals surface area contributed by atoms with Crippen molar-refractivity contribution in [2.24, 2.45) is 5.10 Å². The van der Waals surface area contributed by atoms with Crippen LogP contribution in [0.15, 0.2) is 53.6 Å². The number of phenolic OH excluding ortho intramolecular Hbond substituents is 1. The number of hydrogen-bond acceptors (Lipinski definition) is 4. The Morgan fingerprint density at radius 2 is 1.68 bits per heavy atom. The van der Waals surface area contributed by atoms with Gasteiger partial charge in [0.25, 0.3) is 5.91 Å². The number of rotatable bonds is 4. The van der Waals surface area contributed by atoms with Crippen molar-refractivity contribution in [1.82, 2.24) is 5.43 Å². The lowest BCUT2D eigenvalue weighted by Gasteiger charge is -2.40. The predicted molar refractivity (Wildman–Crippen MR) is 115 cm³/mol. The molecule has 0 unspecified atom stereocenters. The third kappa shape index (κ3) is 5.82. The Morgan fingerprint density at radius 3 is 2.29 bits per heavy atom. The number of aromatic hydroxyl groups is 1. The van der Waals surface area contributed by atoms with E-state index in [0.717, 1.165) is 36.3 Å². The molecular formula is C22H31N4O2+. The highest BCUT2D eigenvalue weighted by Gasteiger charge is 2.24. The fourth-order valence-corrected chi connectivity index (χ4v) is 2.91. The van der Waals surface area contributed by atoms with Crippen LogP contribution in [0.25, 0.3) is 0 Å². The van der Waals surface area contributed by atoms with E-state index in [1.165, 1.54) is 6.21 Å². The molecule has 0 aliphatic carbocycles. The SMILES string of the molecule is CC.C[N+]1(C)CCN(c2ccc(C(=O)N/N=C/c3ccccc3O)cc2)CC1. The van der Waals surface area contributed by atoms with E-state index in [1.54, 1.807) is 24.3 Å². The fourth-order valence-electron chi connectivity index (χ4n) is 2.91. The molecule has 150 valence electrons. The first-order chi connectivity index (χ1) is 13.4. The van der Waals surface area contributed by atoms with Gasteiger partial charge in [0, 0.05) is 16.8 Å². The number of para-hydroxylation sites is 1. The zero-order valence-corrected chi connectivity index (χ0v) is 17.2. The van der Waals surface area contributed by atoms with Gasteiger partial charge in [-0.05, 0) is 36.4 Å². The summed E-state index contributed by atoms with van der Waals surface area (Å²) in [5.41, 5.74) is 4.73. The number of amides is 1. The Balaban J connectivity index is 0.00000136. The molecule has 6 nitrogen and oxygen atoms in total. The number of carbonyl (C=O) groups excluding carboxylic acids is 1. The molecule has 1 fully saturated rings. The molecule has 1 heterocycles. The lowest BCUT2D eigenvalue weighted by Crippen LogP contribution is -2.54. The molecule has 2 aromatic carbocycles. The number of benzene rings is 2. The first-order valence-electron chi connectivity index (χ1n) is 9.73. The molecule has 28 heavy (non-hydrogen) atoms. The maximum Gasteiger partial charge on any atom is 0.271 e. The van der Waals surface area contributed by atoms with E-state index < -0.39 is 0 Å². The smallest absolute Gasteiger partial charge is 0.271 e. The highest BCUT2D eigenvalue weighted by atomic mass is 16.3. The van der Waals surface area contributed by atoms with E-state index in [0.29, 0.717) is 11.1 Å². The molecule has 1 saturated heterocycles. The van der Waals surface area contributed by atoms with E-state index in [9.17, 15) is 9.90 Å². The van der Waals surface area contributed by atoms with Crippen LogP contribution in [0, 0.1) is 0 Å². The van der Waals surface area contributed by atoms with Crippen molar-refractivity contribution >= 4 is 17.8 Å². The van der Waals surface area contributed by atoms with E-state index in [2.05, 4.69) is 29.5 Å². The number of carbonyl (C=O) groups is 1. The van der Waals surface area contributed by atoms with Gasteiger partial charge in [-0.25, -0.2) is 5.43 Å². The van der Waals surface area contributed by atoms with Crippen molar-refractivity contribution < 1.29 is 14.4 Å². The molecule has 1 aliphatic heterocycles. The zero-order valence-electron chi connectivity index (χ0n) is 17.2. The van der Waals surface area contributed by atoms with Crippen molar-refractivity contribution in [3.8, 4) is 5.75 Å². The Labute approximate surface area is 167 Å². The maximum absolute atomic E-state index is 12.2. The number of phenols is 1. The molecule has 0 bridgehead atoms. The molecule has 2 aromatic rings. The van der Waals surface area contributed by atoms with Crippen molar-refractivity contribution in [1.29, 1.82) is 0 Å². The summed E-state index contributed by atoms with van der Waals surface area (Å²) in [5.74, 6) is -0.155. The van der Waals surface area contributed by atoms with Crippen molar-refractivity contribution in [2.75, 3.05) is 45.2 Å². The van der Waals surface area contributed by atoms with Gasteiger partial charge in [0.2, 0.25) is 0 Å². The Hall–Kier alpha value is -2.86. The summed E-state index contributed by atoms with van der Waals surface area (Å²) >= 11 is 0. The quantitative estimate of drug-likeness (QED) is 0.484. The summed E-state index contributed by atoms with van der Waals surface area (Å²) in [5, 5.41) is 13.6. The topological polar surface area (TPSA) is 64.9 Å². The van der Waals surface area contributed by atoms with Crippen LogP contribution in [0.3, 0.4) is 0 Å². The van der Waals surface area contributed by atoms with E-state index in [1.807, 2.05) is 38.1 Å².